The molecule has 1 saturated heterocycles. The van der Waals surface area contributed by atoms with E-state index in [0.717, 1.165) is 24.9 Å². The summed E-state index contributed by atoms with van der Waals surface area (Å²) in [5.74, 6) is 1.84. The van der Waals surface area contributed by atoms with Gasteiger partial charge in [-0.3, -0.25) is 9.88 Å². The fourth-order valence-electron chi connectivity index (χ4n) is 3.41. The van der Waals surface area contributed by atoms with E-state index in [0.29, 0.717) is 12.2 Å². The van der Waals surface area contributed by atoms with E-state index >= 15 is 0 Å². The number of aliphatic hydroxyl groups is 1. The highest BCUT2D eigenvalue weighted by Crippen LogP contribution is 2.38. The molecule has 2 N–H and O–H groups in total. The van der Waals surface area contributed by atoms with Crippen LogP contribution in [-0.2, 0) is 0 Å². The molecule has 0 spiro atoms. The summed E-state index contributed by atoms with van der Waals surface area (Å²) in [7, 11) is 0. The average molecular weight is 248 g/mol. The molecule has 0 amide bonds. The monoisotopic (exact) mass is 248 g/mol. The Morgan fingerprint density at radius 1 is 1.28 bits per heavy atom. The lowest BCUT2D eigenvalue weighted by molar-refractivity contribution is 0.118. The first-order valence-corrected chi connectivity index (χ1v) is 6.77. The Labute approximate surface area is 107 Å². The highest BCUT2D eigenvalue weighted by Gasteiger charge is 2.36. The Kier molecular flexibility index (Phi) is 3.22. The normalized spacial score (nSPS) is 29.4. The number of aliphatic hydroxyl groups excluding tert-OH is 1. The number of nitrogens with zero attached hydrogens (tertiary/aromatic N) is 2. The van der Waals surface area contributed by atoms with Crippen LogP contribution in [0.25, 0.3) is 0 Å². The van der Waals surface area contributed by atoms with E-state index in [1.54, 1.807) is 12.1 Å². The van der Waals surface area contributed by atoms with Crippen molar-refractivity contribution in [3.05, 3.63) is 24.0 Å². The topological polar surface area (TPSA) is 56.6 Å². The summed E-state index contributed by atoms with van der Waals surface area (Å²) in [6.45, 7) is 2.91. The first-order valence-electron chi connectivity index (χ1n) is 6.77. The van der Waals surface area contributed by atoms with Crippen LogP contribution < -0.4 is 0 Å². The van der Waals surface area contributed by atoms with Gasteiger partial charge >= 0.3 is 0 Å². The standard InChI is InChI=1S/C14H20N2O2/c17-12-4-5-13(15-6-12)14(18)9-16-7-10-2-1-3-11(10)8-16/h4-6,10-11,14,17-18H,1-3,7-9H2. The zero-order valence-electron chi connectivity index (χ0n) is 10.5. The predicted octanol–water partition coefficient (Wildman–Crippen LogP) is 1.55. The minimum atomic E-state index is -0.551. The zero-order valence-corrected chi connectivity index (χ0v) is 10.5. The Morgan fingerprint density at radius 3 is 2.61 bits per heavy atom. The zero-order chi connectivity index (χ0) is 12.5. The van der Waals surface area contributed by atoms with Gasteiger partial charge in [-0.2, -0.15) is 0 Å². The molecule has 1 aromatic heterocycles. The van der Waals surface area contributed by atoms with Crippen molar-refractivity contribution in [2.75, 3.05) is 19.6 Å². The number of pyridine rings is 1. The Morgan fingerprint density at radius 2 is 2.00 bits per heavy atom. The molecule has 4 heteroatoms. The SMILES string of the molecule is Oc1ccc(C(O)CN2CC3CCCC3C2)nc1. The van der Waals surface area contributed by atoms with Gasteiger partial charge < -0.3 is 10.2 Å². The van der Waals surface area contributed by atoms with Crippen molar-refractivity contribution in [2.24, 2.45) is 11.8 Å². The average Bonchev–Trinajstić information content (AvgIpc) is 2.90. The Hall–Kier alpha value is -1.13. The molecular weight excluding hydrogens is 228 g/mol. The second-order valence-electron chi connectivity index (χ2n) is 5.63. The van der Waals surface area contributed by atoms with Gasteiger partial charge in [0.15, 0.2) is 0 Å². The van der Waals surface area contributed by atoms with Crippen LogP contribution in [0.15, 0.2) is 18.3 Å². The number of hydrogen-bond donors (Lipinski definition) is 2. The molecule has 98 valence electrons. The molecule has 1 aliphatic heterocycles. The van der Waals surface area contributed by atoms with Crippen molar-refractivity contribution in [2.45, 2.75) is 25.4 Å². The Balaban J connectivity index is 1.58. The van der Waals surface area contributed by atoms with Crippen LogP contribution in [0.2, 0.25) is 0 Å². The van der Waals surface area contributed by atoms with Crippen LogP contribution in [0.1, 0.15) is 31.1 Å². The van der Waals surface area contributed by atoms with Gasteiger partial charge in [-0.05, 0) is 36.8 Å². The lowest BCUT2D eigenvalue weighted by Gasteiger charge is -2.20. The second-order valence-corrected chi connectivity index (χ2v) is 5.63. The minimum absolute atomic E-state index is 0.140. The maximum atomic E-state index is 10.1. The van der Waals surface area contributed by atoms with Crippen LogP contribution in [0.4, 0.5) is 0 Å². The van der Waals surface area contributed by atoms with E-state index in [2.05, 4.69) is 9.88 Å². The van der Waals surface area contributed by atoms with Crippen molar-refractivity contribution in [3.63, 3.8) is 0 Å². The number of aromatic hydroxyl groups is 1. The summed E-state index contributed by atoms with van der Waals surface area (Å²) in [5, 5.41) is 19.3. The maximum absolute atomic E-state index is 10.1. The first kappa shape index (κ1) is 11.9. The molecule has 0 bridgehead atoms. The van der Waals surface area contributed by atoms with Crippen molar-refractivity contribution in [1.29, 1.82) is 0 Å². The van der Waals surface area contributed by atoms with Gasteiger partial charge in [0.05, 0.1) is 11.9 Å². The summed E-state index contributed by atoms with van der Waals surface area (Å²) in [6, 6.07) is 3.27. The molecule has 1 aromatic rings. The van der Waals surface area contributed by atoms with E-state index in [9.17, 15) is 10.2 Å². The quantitative estimate of drug-likeness (QED) is 0.852. The number of likely N-dealkylation sites (tertiary alicyclic amines) is 1. The smallest absolute Gasteiger partial charge is 0.133 e. The molecule has 2 fully saturated rings. The van der Waals surface area contributed by atoms with Gasteiger partial charge in [0, 0.05) is 19.6 Å². The van der Waals surface area contributed by atoms with Crippen LogP contribution >= 0.6 is 0 Å². The molecule has 0 radical (unpaired) electrons. The molecule has 0 aromatic carbocycles. The largest absolute Gasteiger partial charge is 0.506 e. The van der Waals surface area contributed by atoms with Gasteiger partial charge in [0.1, 0.15) is 11.9 Å². The third kappa shape index (κ3) is 2.35. The summed E-state index contributed by atoms with van der Waals surface area (Å²) in [6.07, 6.45) is 4.93. The minimum Gasteiger partial charge on any atom is -0.506 e. The highest BCUT2D eigenvalue weighted by molar-refractivity contribution is 5.19. The molecule has 1 aliphatic carbocycles. The summed E-state index contributed by atoms with van der Waals surface area (Å²) >= 11 is 0. The van der Waals surface area contributed by atoms with Crippen LogP contribution in [-0.4, -0.2) is 39.7 Å². The molecule has 18 heavy (non-hydrogen) atoms. The van der Waals surface area contributed by atoms with Crippen LogP contribution in [0, 0.1) is 11.8 Å². The molecular formula is C14H20N2O2. The molecule has 3 unspecified atom stereocenters. The third-order valence-corrected chi connectivity index (χ3v) is 4.35. The van der Waals surface area contributed by atoms with Gasteiger partial charge in [0.25, 0.3) is 0 Å². The van der Waals surface area contributed by atoms with Crippen molar-refractivity contribution in [3.8, 4) is 5.75 Å². The molecule has 2 aliphatic rings. The predicted molar refractivity (Wildman–Crippen MR) is 68.1 cm³/mol. The second kappa shape index (κ2) is 4.86. The summed E-state index contributed by atoms with van der Waals surface area (Å²) < 4.78 is 0. The van der Waals surface area contributed by atoms with Crippen LogP contribution in [0.5, 0.6) is 5.75 Å². The first-order chi connectivity index (χ1) is 8.72. The fourth-order valence-corrected chi connectivity index (χ4v) is 3.41. The van der Waals surface area contributed by atoms with Crippen LogP contribution in [0.3, 0.4) is 0 Å². The van der Waals surface area contributed by atoms with Crippen molar-refractivity contribution >= 4 is 0 Å². The van der Waals surface area contributed by atoms with E-state index in [-0.39, 0.29) is 5.75 Å². The number of aromatic nitrogens is 1. The molecule has 2 heterocycles. The van der Waals surface area contributed by atoms with Gasteiger partial charge in [-0.15, -0.1) is 0 Å². The molecule has 3 atom stereocenters. The van der Waals surface area contributed by atoms with E-state index < -0.39 is 6.10 Å². The molecule has 3 rings (SSSR count). The lowest BCUT2D eigenvalue weighted by atomic mass is 10.0. The molecule has 1 saturated carbocycles. The summed E-state index contributed by atoms with van der Waals surface area (Å²) in [5.41, 5.74) is 0.643. The summed E-state index contributed by atoms with van der Waals surface area (Å²) in [4.78, 5) is 6.42. The highest BCUT2D eigenvalue weighted by atomic mass is 16.3. The number of fused-ring (bicyclic) bond motifs is 1. The Bertz CT molecular complexity index is 395. The van der Waals surface area contributed by atoms with Gasteiger partial charge in [-0.25, -0.2) is 0 Å². The number of β-amino-alcohol motifs (C(OH)–C–C–N with tert-alkyl or cyclic N) is 1. The van der Waals surface area contributed by atoms with Crippen molar-refractivity contribution < 1.29 is 10.2 Å². The number of rotatable bonds is 3. The van der Waals surface area contributed by atoms with E-state index in [4.69, 9.17) is 0 Å². The number of hydrogen-bond acceptors (Lipinski definition) is 4. The fraction of sp³-hybridized carbons (Fsp3) is 0.643. The lowest BCUT2D eigenvalue weighted by Crippen LogP contribution is -2.27. The van der Waals surface area contributed by atoms with Gasteiger partial charge in [-0.1, -0.05) is 6.42 Å². The van der Waals surface area contributed by atoms with Gasteiger partial charge in [0.2, 0.25) is 0 Å². The molecule has 4 nitrogen and oxygen atoms in total. The third-order valence-electron chi connectivity index (χ3n) is 4.35. The van der Waals surface area contributed by atoms with E-state index in [1.165, 1.54) is 25.5 Å². The van der Waals surface area contributed by atoms with Crippen molar-refractivity contribution in [1.82, 2.24) is 9.88 Å². The maximum Gasteiger partial charge on any atom is 0.133 e. The van der Waals surface area contributed by atoms with E-state index in [1.807, 2.05) is 0 Å².